The minimum atomic E-state index is 0.632. The van der Waals surface area contributed by atoms with Crippen LogP contribution in [-0.2, 0) is 19.3 Å². The molecule has 0 aromatic carbocycles. The van der Waals surface area contributed by atoms with Gasteiger partial charge in [-0.3, -0.25) is 0 Å². The van der Waals surface area contributed by atoms with Crippen molar-refractivity contribution in [3.05, 3.63) is 16.8 Å². The van der Waals surface area contributed by atoms with Gasteiger partial charge in [0.2, 0.25) is 0 Å². The van der Waals surface area contributed by atoms with Crippen molar-refractivity contribution in [2.75, 3.05) is 31.6 Å². The predicted octanol–water partition coefficient (Wildman–Crippen LogP) is 6.23. The van der Waals surface area contributed by atoms with Crippen molar-refractivity contribution in [3.8, 4) is 0 Å². The average Bonchev–Trinajstić information content (AvgIpc) is 3.38. The van der Waals surface area contributed by atoms with Gasteiger partial charge in [-0.15, -0.1) is 23.1 Å². The molecule has 0 atom stereocenters. The van der Waals surface area contributed by atoms with E-state index < -0.39 is 0 Å². The Balaban J connectivity index is 1.54. The summed E-state index contributed by atoms with van der Waals surface area (Å²) < 4.78 is 1.25. The summed E-state index contributed by atoms with van der Waals surface area (Å²) >= 11 is 5.39. The summed E-state index contributed by atoms with van der Waals surface area (Å²) in [6.07, 6.45) is 10.8. The summed E-state index contributed by atoms with van der Waals surface area (Å²) in [5.41, 5.74) is 5.53. The van der Waals surface area contributed by atoms with Crippen molar-refractivity contribution in [1.29, 1.82) is 0 Å². The molecule has 2 aliphatic rings. The molecule has 7 heteroatoms. The van der Waals surface area contributed by atoms with E-state index in [1.54, 1.807) is 11.8 Å². The zero-order valence-electron chi connectivity index (χ0n) is 18.9. The van der Waals surface area contributed by atoms with Crippen LogP contribution >= 0.6 is 34.9 Å². The molecule has 1 saturated heterocycles. The maximum Gasteiger partial charge on any atom is 0.189 e. The van der Waals surface area contributed by atoms with Crippen LogP contribution < -0.4 is 0 Å². The lowest BCUT2D eigenvalue weighted by molar-refractivity contribution is 0.242. The molecule has 4 nitrogen and oxygen atoms in total. The molecule has 0 saturated carbocycles. The molecule has 0 unspecified atom stereocenters. The fourth-order valence-corrected chi connectivity index (χ4v) is 7.69. The average molecular weight is 473 g/mol. The second-order valence-electron chi connectivity index (χ2n) is 9.19. The number of fused-ring (bicyclic) bond motifs is 5. The highest BCUT2D eigenvalue weighted by atomic mass is 32.2. The van der Waals surface area contributed by atoms with Crippen molar-refractivity contribution in [1.82, 2.24) is 19.9 Å². The number of thioether (sulfide) groups is 2. The Labute approximate surface area is 198 Å². The van der Waals surface area contributed by atoms with Crippen molar-refractivity contribution >= 4 is 55.3 Å². The van der Waals surface area contributed by atoms with Crippen molar-refractivity contribution in [2.24, 2.45) is 5.92 Å². The lowest BCUT2D eigenvalue weighted by Crippen LogP contribution is -2.31. The molecule has 3 aromatic rings. The van der Waals surface area contributed by atoms with E-state index in [0.717, 1.165) is 34.4 Å². The Morgan fingerprint density at radius 3 is 2.58 bits per heavy atom. The van der Waals surface area contributed by atoms with E-state index in [4.69, 9.17) is 15.0 Å². The molecule has 31 heavy (non-hydrogen) atoms. The van der Waals surface area contributed by atoms with Crippen LogP contribution in [0.2, 0.25) is 0 Å². The Morgan fingerprint density at radius 2 is 1.81 bits per heavy atom. The Hall–Kier alpha value is -0.890. The molecule has 166 valence electrons. The van der Waals surface area contributed by atoms with E-state index in [1.807, 2.05) is 23.1 Å². The number of piperidine rings is 1. The lowest BCUT2D eigenvalue weighted by Gasteiger charge is -2.25. The highest BCUT2D eigenvalue weighted by Gasteiger charge is 2.25. The number of nitrogens with zero attached hydrogens (tertiary/aromatic N) is 4. The monoisotopic (exact) mass is 472 g/mol. The fourth-order valence-electron chi connectivity index (χ4n) is 5.00. The van der Waals surface area contributed by atoms with Crippen molar-refractivity contribution in [3.63, 3.8) is 0 Å². The van der Waals surface area contributed by atoms with Crippen LogP contribution in [0.15, 0.2) is 10.2 Å². The van der Waals surface area contributed by atoms with Crippen LogP contribution in [0.4, 0.5) is 0 Å². The number of aryl methyl sites for hydroxylation is 1. The quantitative estimate of drug-likeness (QED) is 0.231. The number of thiophene rings is 1. The number of rotatable bonds is 7. The normalized spacial score (nSPS) is 17.3. The molecule has 0 amide bonds. The molecule has 0 N–H and O–H groups in total. The van der Waals surface area contributed by atoms with Gasteiger partial charge in [-0.2, -0.15) is 0 Å². The summed E-state index contributed by atoms with van der Waals surface area (Å²) in [6.45, 7) is 8.26. The van der Waals surface area contributed by atoms with Gasteiger partial charge in [0.15, 0.2) is 5.16 Å². The first-order chi connectivity index (χ1) is 15.1. The van der Waals surface area contributed by atoms with Crippen LogP contribution in [0.1, 0.15) is 56.4 Å². The summed E-state index contributed by atoms with van der Waals surface area (Å²) in [5, 5.41) is 3.38. The minimum absolute atomic E-state index is 0.632. The maximum absolute atomic E-state index is 5.20. The number of hydrogen-bond acceptors (Lipinski definition) is 7. The highest BCUT2D eigenvalue weighted by Crippen LogP contribution is 2.43. The van der Waals surface area contributed by atoms with Gasteiger partial charge in [0.25, 0.3) is 0 Å². The van der Waals surface area contributed by atoms with Gasteiger partial charge in [-0.1, -0.05) is 32.0 Å². The van der Waals surface area contributed by atoms with E-state index in [-0.39, 0.29) is 0 Å². The van der Waals surface area contributed by atoms with Gasteiger partial charge in [-0.05, 0) is 74.9 Å². The lowest BCUT2D eigenvalue weighted by atomic mass is 9.99. The maximum atomic E-state index is 5.20. The molecule has 0 radical (unpaired) electrons. The topological polar surface area (TPSA) is 41.9 Å². The Bertz CT molecular complexity index is 1090. The van der Waals surface area contributed by atoms with Gasteiger partial charge >= 0.3 is 0 Å². The van der Waals surface area contributed by atoms with Crippen molar-refractivity contribution in [2.45, 2.75) is 69.0 Å². The molecule has 1 aliphatic carbocycles. The molecule has 0 spiro atoms. The Kier molecular flexibility index (Phi) is 6.75. The second-order valence-corrected chi connectivity index (χ2v) is 12.0. The standard InChI is InChI=1S/C24H32N4S3/c1-15(2)14-18-16-8-7-9-17(16)19-20-21(31-22(19)25-18)23(27-24(26-20)29-3)30-13-12-28-10-5-4-6-11-28/h15H,4-14H2,1-3H3. The molecular formula is C24H32N4S3. The van der Waals surface area contributed by atoms with Gasteiger partial charge in [-0.25, -0.2) is 15.0 Å². The smallest absolute Gasteiger partial charge is 0.189 e. The number of pyridine rings is 1. The summed E-state index contributed by atoms with van der Waals surface area (Å²) in [7, 11) is 0. The van der Waals surface area contributed by atoms with Crippen molar-refractivity contribution < 1.29 is 0 Å². The molecule has 5 rings (SSSR count). The van der Waals surface area contributed by atoms with Crippen LogP contribution in [0, 0.1) is 5.92 Å². The van der Waals surface area contributed by atoms with Gasteiger partial charge in [0.05, 0.1) is 10.2 Å². The number of likely N-dealkylation sites (tertiary alicyclic amines) is 1. The zero-order valence-corrected chi connectivity index (χ0v) is 21.3. The van der Waals surface area contributed by atoms with E-state index in [9.17, 15) is 0 Å². The van der Waals surface area contributed by atoms with Gasteiger partial charge in [0, 0.05) is 23.4 Å². The molecule has 1 aliphatic heterocycles. The molecular weight excluding hydrogens is 440 g/mol. The summed E-state index contributed by atoms with van der Waals surface area (Å²) in [6, 6.07) is 0. The first-order valence-electron chi connectivity index (χ1n) is 11.7. The van der Waals surface area contributed by atoms with Crippen LogP contribution in [0.25, 0.3) is 20.4 Å². The molecule has 0 bridgehead atoms. The van der Waals surface area contributed by atoms with E-state index >= 15 is 0 Å². The van der Waals surface area contributed by atoms with E-state index in [0.29, 0.717) is 5.92 Å². The third-order valence-corrected chi connectivity index (χ3v) is 9.16. The third kappa shape index (κ3) is 4.48. The highest BCUT2D eigenvalue weighted by molar-refractivity contribution is 7.99. The zero-order chi connectivity index (χ0) is 21.4. The number of hydrogen-bond donors (Lipinski definition) is 0. The summed E-state index contributed by atoms with van der Waals surface area (Å²) in [4.78, 5) is 18.9. The minimum Gasteiger partial charge on any atom is -0.303 e. The fraction of sp³-hybridized carbons (Fsp3) is 0.625. The SMILES string of the molecule is CSc1nc(SCCN2CCCCC2)c2sc3nc(CC(C)C)c4c(c3c2n1)CCC4. The largest absolute Gasteiger partial charge is 0.303 e. The van der Waals surface area contributed by atoms with E-state index in [1.165, 1.54) is 83.4 Å². The Morgan fingerprint density at radius 1 is 1.00 bits per heavy atom. The van der Waals surface area contributed by atoms with Gasteiger partial charge in [0.1, 0.15) is 9.86 Å². The third-order valence-electron chi connectivity index (χ3n) is 6.45. The molecule has 1 fully saturated rings. The molecule has 3 aromatic heterocycles. The van der Waals surface area contributed by atoms with Crippen LogP contribution in [-0.4, -0.2) is 51.5 Å². The first-order valence-corrected chi connectivity index (χ1v) is 14.7. The van der Waals surface area contributed by atoms with Gasteiger partial charge < -0.3 is 4.90 Å². The van der Waals surface area contributed by atoms with E-state index in [2.05, 4.69) is 25.0 Å². The molecule has 4 heterocycles. The predicted molar refractivity (Wildman–Crippen MR) is 136 cm³/mol. The summed E-state index contributed by atoms with van der Waals surface area (Å²) in [5.74, 6) is 1.73. The first kappa shape index (κ1) is 21.9. The number of aromatic nitrogens is 3. The second kappa shape index (κ2) is 9.54. The van der Waals surface area contributed by atoms with Crippen LogP contribution in [0.3, 0.4) is 0 Å². The van der Waals surface area contributed by atoms with Crippen LogP contribution in [0.5, 0.6) is 0 Å².